The Hall–Kier alpha value is -2.06. The Kier molecular flexibility index (Phi) is 4.37. The van der Waals surface area contributed by atoms with Crippen molar-refractivity contribution in [3.05, 3.63) is 65.7 Å². The van der Waals surface area contributed by atoms with Gasteiger partial charge in [0, 0.05) is 13.1 Å². The van der Waals surface area contributed by atoms with Crippen LogP contribution in [0.2, 0.25) is 0 Å². The summed E-state index contributed by atoms with van der Waals surface area (Å²) in [4.78, 5) is 2.31. The van der Waals surface area contributed by atoms with Gasteiger partial charge in [0.1, 0.15) is 11.9 Å². The summed E-state index contributed by atoms with van der Waals surface area (Å²) in [7, 11) is 2.14. The highest BCUT2D eigenvalue weighted by molar-refractivity contribution is 5.69. The molecular formula is C19H21NO. The zero-order valence-electron chi connectivity index (χ0n) is 12.4. The molecule has 1 saturated heterocycles. The van der Waals surface area contributed by atoms with E-state index in [0.29, 0.717) is 6.10 Å². The zero-order chi connectivity index (χ0) is 14.5. The Morgan fingerprint density at radius 2 is 1.62 bits per heavy atom. The van der Waals surface area contributed by atoms with Crippen molar-refractivity contribution < 1.29 is 4.74 Å². The smallest absolute Gasteiger partial charge is 0.119 e. The quantitative estimate of drug-likeness (QED) is 0.786. The summed E-state index contributed by atoms with van der Waals surface area (Å²) in [6, 6.07) is 18.7. The molecule has 1 fully saturated rings. The fraction of sp³-hybridized carbons (Fsp3) is 0.263. The van der Waals surface area contributed by atoms with Gasteiger partial charge in [-0.25, -0.2) is 0 Å². The first kappa shape index (κ1) is 13.9. The molecule has 0 saturated carbocycles. The van der Waals surface area contributed by atoms with Gasteiger partial charge in [0.2, 0.25) is 0 Å². The third kappa shape index (κ3) is 3.96. The van der Waals surface area contributed by atoms with Crippen LogP contribution in [0, 0.1) is 0 Å². The second kappa shape index (κ2) is 6.59. The zero-order valence-corrected chi connectivity index (χ0v) is 12.4. The van der Waals surface area contributed by atoms with Crippen LogP contribution in [0.3, 0.4) is 0 Å². The summed E-state index contributed by atoms with van der Waals surface area (Å²) in [5, 5.41) is 0. The summed E-state index contributed by atoms with van der Waals surface area (Å²) in [6.45, 7) is 2.15. The monoisotopic (exact) mass is 279 g/mol. The van der Waals surface area contributed by atoms with Crippen LogP contribution in [0.4, 0.5) is 0 Å². The predicted octanol–water partition coefficient (Wildman–Crippen LogP) is 3.94. The lowest BCUT2D eigenvalue weighted by Crippen LogP contribution is -2.21. The van der Waals surface area contributed by atoms with Crippen LogP contribution in [-0.4, -0.2) is 31.1 Å². The van der Waals surface area contributed by atoms with Crippen LogP contribution < -0.4 is 4.74 Å². The molecule has 0 bridgehead atoms. The maximum atomic E-state index is 6.00. The number of likely N-dealkylation sites (tertiary alicyclic amines) is 1. The first-order valence-corrected chi connectivity index (χ1v) is 7.48. The van der Waals surface area contributed by atoms with Crippen LogP contribution >= 0.6 is 0 Å². The lowest BCUT2D eigenvalue weighted by atomic mass is 10.1. The Morgan fingerprint density at radius 3 is 2.24 bits per heavy atom. The first-order chi connectivity index (χ1) is 10.3. The number of benzene rings is 2. The molecule has 2 heteroatoms. The predicted molar refractivity (Wildman–Crippen MR) is 88.3 cm³/mol. The average Bonchev–Trinajstić information content (AvgIpc) is 2.93. The van der Waals surface area contributed by atoms with Crippen LogP contribution in [0.15, 0.2) is 54.6 Å². The van der Waals surface area contributed by atoms with Crippen molar-refractivity contribution in [1.29, 1.82) is 0 Å². The molecule has 0 N–H and O–H groups in total. The Labute approximate surface area is 126 Å². The van der Waals surface area contributed by atoms with Gasteiger partial charge >= 0.3 is 0 Å². The molecule has 3 rings (SSSR count). The molecule has 0 radical (unpaired) electrons. The SMILES string of the molecule is CN1CCC(Oc2ccc(/C=C/c3ccccc3)cc2)C1. The van der Waals surface area contributed by atoms with Crippen molar-refractivity contribution in [3.63, 3.8) is 0 Å². The summed E-state index contributed by atoms with van der Waals surface area (Å²) < 4.78 is 6.00. The number of ether oxygens (including phenoxy) is 1. The van der Waals surface area contributed by atoms with Gasteiger partial charge in [-0.2, -0.15) is 0 Å². The molecule has 21 heavy (non-hydrogen) atoms. The standard InChI is InChI=1S/C19H21NO/c1-20-14-13-19(15-20)21-18-11-9-17(10-12-18)8-7-16-5-3-2-4-6-16/h2-12,19H,13-15H2,1H3/b8-7+. The van der Waals surface area contributed by atoms with E-state index in [1.807, 2.05) is 6.07 Å². The summed E-state index contributed by atoms with van der Waals surface area (Å²) >= 11 is 0. The lowest BCUT2D eigenvalue weighted by Gasteiger charge is -2.13. The van der Waals surface area contributed by atoms with E-state index >= 15 is 0 Å². The minimum absolute atomic E-state index is 0.334. The lowest BCUT2D eigenvalue weighted by molar-refractivity contribution is 0.208. The Balaban J connectivity index is 1.60. The fourth-order valence-corrected chi connectivity index (χ4v) is 2.60. The van der Waals surface area contributed by atoms with Gasteiger partial charge in [0.25, 0.3) is 0 Å². The minimum Gasteiger partial charge on any atom is -0.489 e. The molecule has 2 nitrogen and oxygen atoms in total. The highest BCUT2D eigenvalue weighted by Crippen LogP contribution is 2.19. The molecule has 0 aromatic heterocycles. The molecule has 0 amide bonds. The van der Waals surface area contributed by atoms with Gasteiger partial charge in [-0.05, 0) is 36.7 Å². The average molecular weight is 279 g/mol. The molecule has 1 atom stereocenters. The van der Waals surface area contributed by atoms with Gasteiger partial charge in [-0.15, -0.1) is 0 Å². The molecule has 108 valence electrons. The van der Waals surface area contributed by atoms with Gasteiger partial charge < -0.3 is 9.64 Å². The van der Waals surface area contributed by atoms with Crippen molar-refractivity contribution in [3.8, 4) is 5.75 Å². The highest BCUT2D eigenvalue weighted by atomic mass is 16.5. The fourth-order valence-electron chi connectivity index (χ4n) is 2.60. The first-order valence-electron chi connectivity index (χ1n) is 7.48. The molecule has 0 aliphatic carbocycles. The third-order valence-corrected chi connectivity index (χ3v) is 3.80. The van der Waals surface area contributed by atoms with Crippen molar-refractivity contribution in [2.24, 2.45) is 0 Å². The van der Waals surface area contributed by atoms with Crippen LogP contribution in [-0.2, 0) is 0 Å². The van der Waals surface area contributed by atoms with Crippen molar-refractivity contribution in [2.75, 3.05) is 20.1 Å². The molecule has 0 spiro atoms. The van der Waals surface area contributed by atoms with Gasteiger partial charge in [-0.3, -0.25) is 0 Å². The van der Waals surface area contributed by atoms with E-state index in [-0.39, 0.29) is 0 Å². The van der Waals surface area contributed by atoms with Crippen molar-refractivity contribution in [1.82, 2.24) is 4.90 Å². The summed E-state index contributed by atoms with van der Waals surface area (Å²) in [5.74, 6) is 0.965. The van der Waals surface area contributed by atoms with Gasteiger partial charge in [-0.1, -0.05) is 54.6 Å². The largest absolute Gasteiger partial charge is 0.489 e. The Bertz CT molecular complexity index is 589. The van der Waals surface area contributed by atoms with Crippen LogP contribution in [0.1, 0.15) is 17.5 Å². The number of rotatable bonds is 4. The molecule has 2 aromatic carbocycles. The topological polar surface area (TPSA) is 12.5 Å². The Morgan fingerprint density at radius 1 is 0.952 bits per heavy atom. The minimum atomic E-state index is 0.334. The second-order valence-electron chi connectivity index (χ2n) is 5.60. The maximum absolute atomic E-state index is 6.00. The van der Waals surface area contributed by atoms with E-state index in [4.69, 9.17) is 4.74 Å². The molecule has 1 heterocycles. The summed E-state index contributed by atoms with van der Waals surface area (Å²) in [5.41, 5.74) is 2.40. The molecule has 2 aromatic rings. The van der Waals surface area contributed by atoms with E-state index < -0.39 is 0 Å². The molecule has 1 aliphatic rings. The third-order valence-electron chi connectivity index (χ3n) is 3.80. The van der Waals surface area contributed by atoms with E-state index in [2.05, 4.69) is 72.6 Å². The molecular weight excluding hydrogens is 258 g/mol. The number of nitrogens with zero attached hydrogens (tertiary/aromatic N) is 1. The normalized spacial score (nSPS) is 19.2. The number of hydrogen-bond donors (Lipinski definition) is 0. The van der Waals surface area contributed by atoms with Crippen LogP contribution in [0.5, 0.6) is 5.75 Å². The van der Waals surface area contributed by atoms with E-state index in [0.717, 1.165) is 25.3 Å². The number of likely N-dealkylation sites (N-methyl/N-ethyl adjacent to an activating group) is 1. The van der Waals surface area contributed by atoms with Crippen LogP contribution in [0.25, 0.3) is 12.2 Å². The summed E-state index contributed by atoms with van der Waals surface area (Å²) in [6.07, 6.45) is 5.71. The van der Waals surface area contributed by atoms with Crippen molar-refractivity contribution in [2.45, 2.75) is 12.5 Å². The molecule has 1 unspecified atom stereocenters. The van der Waals surface area contributed by atoms with Gasteiger partial charge in [0.15, 0.2) is 0 Å². The molecule has 1 aliphatic heterocycles. The highest BCUT2D eigenvalue weighted by Gasteiger charge is 2.20. The van der Waals surface area contributed by atoms with Crippen molar-refractivity contribution >= 4 is 12.2 Å². The number of hydrogen-bond acceptors (Lipinski definition) is 2. The maximum Gasteiger partial charge on any atom is 0.119 e. The second-order valence-corrected chi connectivity index (χ2v) is 5.60. The van der Waals surface area contributed by atoms with E-state index in [1.54, 1.807) is 0 Å². The van der Waals surface area contributed by atoms with E-state index in [9.17, 15) is 0 Å². The van der Waals surface area contributed by atoms with E-state index in [1.165, 1.54) is 11.1 Å². The van der Waals surface area contributed by atoms with Gasteiger partial charge in [0.05, 0.1) is 0 Å².